The van der Waals surface area contributed by atoms with Crippen molar-refractivity contribution in [3.63, 3.8) is 0 Å². The molecular formula is C34H31Cl2F5N8O5. The maximum Gasteiger partial charge on any atom is 0.418 e. The summed E-state index contributed by atoms with van der Waals surface area (Å²) in [4.78, 5) is 17.5. The number of carbonyl (C=O) groups excluding carboxylic acids is 1. The number of nitrogens with two attached hydrogens (primary N) is 1. The predicted octanol–water partition coefficient (Wildman–Crippen LogP) is 4.63. The molecule has 5 atom stereocenters. The van der Waals surface area contributed by atoms with Gasteiger partial charge < -0.3 is 30.7 Å². The highest BCUT2D eigenvalue weighted by Gasteiger charge is 2.50. The second-order valence-corrected chi connectivity index (χ2v) is 13.1. The van der Waals surface area contributed by atoms with E-state index >= 15 is 0 Å². The lowest BCUT2D eigenvalue weighted by Crippen LogP contribution is -2.54. The number of aliphatic hydroxyl groups is 2. The Balaban J connectivity index is 1.41. The van der Waals surface area contributed by atoms with E-state index in [1.54, 1.807) is 24.3 Å². The summed E-state index contributed by atoms with van der Waals surface area (Å²) in [5.41, 5.74) is 5.48. The van der Waals surface area contributed by atoms with Crippen LogP contribution < -0.4 is 11.1 Å². The van der Waals surface area contributed by atoms with E-state index in [9.17, 15) is 37.0 Å². The zero-order valence-corrected chi connectivity index (χ0v) is 29.5. The van der Waals surface area contributed by atoms with Gasteiger partial charge in [-0.3, -0.25) is 4.79 Å². The molecule has 0 radical (unpaired) electrons. The second-order valence-electron chi connectivity index (χ2n) is 12.3. The van der Waals surface area contributed by atoms with Gasteiger partial charge in [-0.1, -0.05) is 52.7 Å². The van der Waals surface area contributed by atoms with Crippen LogP contribution in [0.15, 0.2) is 60.8 Å². The molecule has 5 N–H and O–H groups in total. The number of nitrogens with one attached hydrogen (secondary N) is 1. The van der Waals surface area contributed by atoms with Gasteiger partial charge in [0.15, 0.2) is 5.82 Å². The maximum atomic E-state index is 14.4. The Morgan fingerprint density at radius 3 is 2.41 bits per heavy atom. The summed E-state index contributed by atoms with van der Waals surface area (Å²) >= 11 is 11.8. The molecule has 0 aliphatic carbocycles. The number of aromatic nitrogens is 6. The molecule has 2 aromatic heterocycles. The van der Waals surface area contributed by atoms with Crippen molar-refractivity contribution in [3.8, 4) is 16.9 Å². The summed E-state index contributed by atoms with van der Waals surface area (Å²) in [6.45, 7) is 0.356. The fourth-order valence-corrected chi connectivity index (χ4v) is 6.25. The van der Waals surface area contributed by atoms with E-state index in [0.717, 1.165) is 50.8 Å². The largest absolute Gasteiger partial charge is 0.418 e. The number of aliphatic hydroxyl groups excluding tert-OH is 2. The van der Waals surface area contributed by atoms with E-state index in [1.165, 1.54) is 13.1 Å². The van der Waals surface area contributed by atoms with Crippen molar-refractivity contribution in [2.45, 2.75) is 56.6 Å². The monoisotopic (exact) mass is 796 g/mol. The first-order valence-electron chi connectivity index (χ1n) is 16.2. The van der Waals surface area contributed by atoms with Crippen molar-refractivity contribution in [1.82, 2.24) is 35.1 Å². The van der Waals surface area contributed by atoms with Crippen LogP contribution in [0.1, 0.15) is 40.5 Å². The van der Waals surface area contributed by atoms with Crippen LogP contribution in [0.25, 0.3) is 16.9 Å². The number of ether oxygens (including phenoxy) is 2. The molecule has 3 aromatic carbocycles. The topological polar surface area (TPSA) is 175 Å². The molecule has 0 saturated carbocycles. The third kappa shape index (κ3) is 8.24. The van der Waals surface area contributed by atoms with Crippen LogP contribution in [0.5, 0.6) is 0 Å². The van der Waals surface area contributed by atoms with E-state index in [2.05, 4.69) is 25.7 Å². The summed E-state index contributed by atoms with van der Waals surface area (Å²) in [7, 11) is 0. The Morgan fingerprint density at radius 2 is 1.76 bits per heavy atom. The summed E-state index contributed by atoms with van der Waals surface area (Å²) in [6.07, 6.45) is -9.82. The Bertz CT molecular complexity index is 2110. The van der Waals surface area contributed by atoms with Gasteiger partial charge in [0.25, 0.3) is 0 Å². The van der Waals surface area contributed by atoms with Crippen LogP contribution in [0, 0.1) is 18.6 Å². The van der Waals surface area contributed by atoms with Crippen molar-refractivity contribution < 1.29 is 46.4 Å². The molecule has 0 spiro atoms. The van der Waals surface area contributed by atoms with Gasteiger partial charge >= 0.3 is 6.18 Å². The Labute approximate surface area is 313 Å². The van der Waals surface area contributed by atoms with Crippen molar-refractivity contribution in [2.24, 2.45) is 5.73 Å². The molecule has 5 unspecified atom stereocenters. The van der Waals surface area contributed by atoms with Crippen LogP contribution in [0.2, 0.25) is 10.0 Å². The fourth-order valence-electron chi connectivity index (χ4n) is 5.98. The van der Waals surface area contributed by atoms with Gasteiger partial charge in [0.05, 0.1) is 24.1 Å². The Kier molecular flexibility index (Phi) is 11.6. The molecule has 1 aliphatic rings. The van der Waals surface area contributed by atoms with Crippen LogP contribution in [0.3, 0.4) is 0 Å². The lowest BCUT2D eigenvalue weighted by Gasteiger charge is -2.43. The van der Waals surface area contributed by atoms with Crippen molar-refractivity contribution in [2.75, 3.05) is 13.2 Å². The standard InChI is InChI=1S/C34H31Cl2F5N8O5/c1-16-44-33(49(46-16)25-10-20(35)6-7-21(25)34(39,40)41)32-31(53-15-27(51)43-12-18-4-2-17(11-42)3-5-18)29(30(52)26(14-50)54-32)48-13-24(45-47-48)19-8-22(37)28(36)23(38)9-19/h2-10,13,26,29-32,50,52H,11-12,14-15,42H2,1H3,(H,43,51). The average molecular weight is 798 g/mol. The second kappa shape index (κ2) is 16.0. The van der Waals surface area contributed by atoms with E-state index in [4.69, 9.17) is 38.4 Å². The summed E-state index contributed by atoms with van der Waals surface area (Å²) in [6, 6.07) is 10.4. The number of rotatable bonds is 11. The SMILES string of the molecule is Cc1nc(C2OC(CO)C(O)C(n3cc(-c4cc(F)c(Cl)c(F)c4)nn3)C2OCC(=O)NCc2ccc(CN)cc2)n(-c2cc(Cl)ccc2C(F)(F)F)n1. The van der Waals surface area contributed by atoms with Crippen molar-refractivity contribution >= 4 is 29.1 Å². The Hall–Kier alpha value is -4.56. The third-order valence-electron chi connectivity index (χ3n) is 8.60. The molecule has 3 heterocycles. The van der Waals surface area contributed by atoms with E-state index in [1.807, 2.05) is 0 Å². The summed E-state index contributed by atoms with van der Waals surface area (Å²) < 4.78 is 85.7. The van der Waals surface area contributed by atoms with Gasteiger partial charge in [-0.25, -0.2) is 23.1 Å². The predicted molar refractivity (Wildman–Crippen MR) is 182 cm³/mol. The molecule has 1 fully saturated rings. The first kappa shape index (κ1) is 39.1. The Morgan fingerprint density at radius 1 is 1.07 bits per heavy atom. The molecule has 54 heavy (non-hydrogen) atoms. The smallest absolute Gasteiger partial charge is 0.394 e. The molecule has 1 amide bonds. The van der Waals surface area contributed by atoms with Gasteiger partial charge in [0.1, 0.15) is 65.2 Å². The maximum absolute atomic E-state index is 14.4. The number of benzene rings is 3. The molecular weight excluding hydrogens is 766 g/mol. The number of aryl methyl sites for hydroxylation is 1. The summed E-state index contributed by atoms with van der Waals surface area (Å²) in [5, 5.41) is 36.0. The van der Waals surface area contributed by atoms with Gasteiger partial charge in [-0.2, -0.15) is 18.3 Å². The number of nitrogens with zero attached hydrogens (tertiary/aromatic N) is 6. The number of alkyl halides is 3. The normalized spacial score (nSPS) is 20.3. The molecule has 1 aliphatic heterocycles. The van der Waals surface area contributed by atoms with Gasteiger partial charge in [0.2, 0.25) is 5.91 Å². The number of halogens is 7. The van der Waals surface area contributed by atoms with Crippen LogP contribution in [-0.4, -0.2) is 77.4 Å². The minimum atomic E-state index is -4.87. The van der Waals surface area contributed by atoms with Gasteiger partial charge in [-0.05, 0) is 48.4 Å². The molecule has 5 aromatic rings. The minimum absolute atomic E-state index is 0.00287. The first-order chi connectivity index (χ1) is 25.7. The molecule has 286 valence electrons. The van der Waals surface area contributed by atoms with E-state index < -0.39 is 83.7 Å². The first-order valence-corrected chi connectivity index (χ1v) is 16.9. The number of amides is 1. The van der Waals surface area contributed by atoms with Crippen LogP contribution in [-0.2, 0) is 33.5 Å². The van der Waals surface area contributed by atoms with Crippen molar-refractivity contribution in [1.29, 1.82) is 0 Å². The van der Waals surface area contributed by atoms with E-state index in [-0.39, 0.29) is 34.5 Å². The lowest BCUT2D eigenvalue weighted by molar-refractivity contribution is -0.223. The molecule has 6 rings (SSSR count). The highest BCUT2D eigenvalue weighted by atomic mass is 35.5. The van der Waals surface area contributed by atoms with E-state index in [0.29, 0.717) is 6.54 Å². The zero-order valence-electron chi connectivity index (χ0n) is 28.0. The van der Waals surface area contributed by atoms with Gasteiger partial charge in [-0.15, -0.1) is 5.10 Å². The fraction of sp³-hybridized carbons (Fsp3) is 0.324. The minimum Gasteiger partial charge on any atom is -0.394 e. The average Bonchev–Trinajstić information content (AvgIpc) is 3.78. The van der Waals surface area contributed by atoms with Gasteiger partial charge in [0, 0.05) is 23.7 Å². The highest BCUT2D eigenvalue weighted by Crippen LogP contribution is 2.42. The third-order valence-corrected chi connectivity index (χ3v) is 9.20. The molecule has 0 bridgehead atoms. The lowest BCUT2D eigenvalue weighted by atomic mass is 9.91. The summed E-state index contributed by atoms with van der Waals surface area (Å²) in [5.74, 6) is -3.07. The van der Waals surface area contributed by atoms with Crippen LogP contribution >= 0.6 is 23.2 Å². The number of carbonyl (C=O) groups is 1. The zero-order chi connectivity index (χ0) is 38.9. The van der Waals surface area contributed by atoms with Crippen LogP contribution in [0.4, 0.5) is 22.0 Å². The highest BCUT2D eigenvalue weighted by molar-refractivity contribution is 6.31. The number of hydrogen-bond donors (Lipinski definition) is 4. The molecule has 13 nitrogen and oxygen atoms in total. The molecule has 1 saturated heterocycles. The molecule has 20 heteroatoms. The van der Waals surface area contributed by atoms with Crippen molar-refractivity contribution in [3.05, 3.63) is 111 Å². The quantitative estimate of drug-likeness (QED) is 0.109. The number of hydrogen-bond acceptors (Lipinski definition) is 10.